The van der Waals surface area contributed by atoms with E-state index in [1.165, 1.54) is 19.3 Å². The van der Waals surface area contributed by atoms with Gasteiger partial charge >= 0.3 is 0 Å². The first kappa shape index (κ1) is 5.48. The average Bonchev–Trinajstić information content (AvgIpc) is 2.46. The van der Waals surface area contributed by atoms with Crippen LogP contribution in [0.1, 0.15) is 19.3 Å². The minimum absolute atomic E-state index is 0.720. The van der Waals surface area contributed by atoms with Crippen molar-refractivity contribution in [2.24, 2.45) is 5.92 Å². The molecule has 0 radical (unpaired) electrons. The lowest BCUT2D eigenvalue weighted by Crippen LogP contribution is -2.22. The Balaban J connectivity index is 1.77. The minimum atomic E-state index is 0.720. The topological polar surface area (TPSA) is 12.0 Å². The minimum Gasteiger partial charge on any atom is -0.307 e. The molecule has 2 aliphatic rings. The van der Waals surface area contributed by atoms with Gasteiger partial charge in [0.25, 0.3) is 0 Å². The van der Waals surface area contributed by atoms with Crippen molar-refractivity contribution in [2.45, 2.75) is 25.3 Å². The predicted molar refractivity (Wildman–Crippen MR) is 38.3 cm³/mol. The van der Waals surface area contributed by atoms with Crippen molar-refractivity contribution in [2.75, 3.05) is 6.54 Å². The first-order valence-corrected chi connectivity index (χ1v) is 3.85. The zero-order chi connectivity index (χ0) is 6.10. The quantitative estimate of drug-likeness (QED) is 0.546. The lowest BCUT2D eigenvalue weighted by atomic mass is 10.1. The van der Waals surface area contributed by atoms with Gasteiger partial charge in [0.15, 0.2) is 0 Å². The Bertz CT molecular complexity index is 125. The molecule has 0 amide bonds. The van der Waals surface area contributed by atoms with E-state index in [0.29, 0.717) is 0 Å². The van der Waals surface area contributed by atoms with Crippen LogP contribution in [-0.2, 0) is 0 Å². The first-order chi connectivity index (χ1) is 4.45. The molecular formula is C8H13N. The molecule has 1 heterocycles. The highest BCUT2D eigenvalue weighted by molar-refractivity contribution is 5.03. The van der Waals surface area contributed by atoms with Gasteiger partial charge in [0, 0.05) is 12.6 Å². The summed E-state index contributed by atoms with van der Waals surface area (Å²) in [6, 6.07) is 0.720. The predicted octanol–water partition coefficient (Wildman–Crippen LogP) is 1.31. The molecule has 1 saturated carbocycles. The number of rotatable bonds is 2. The molecule has 50 valence electrons. The summed E-state index contributed by atoms with van der Waals surface area (Å²) in [6.07, 6.45) is 8.87. The maximum absolute atomic E-state index is 3.42. The molecule has 0 aromatic carbocycles. The zero-order valence-electron chi connectivity index (χ0n) is 5.64. The highest BCUT2D eigenvalue weighted by Crippen LogP contribution is 2.33. The maximum atomic E-state index is 3.42. The van der Waals surface area contributed by atoms with Crippen LogP contribution in [0.2, 0.25) is 0 Å². The van der Waals surface area contributed by atoms with Crippen molar-refractivity contribution in [1.29, 1.82) is 0 Å². The van der Waals surface area contributed by atoms with E-state index in [2.05, 4.69) is 17.5 Å². The van der Waals surface area contributed by atoms with Crippen molar-refractivity contribution in [3.63, 3.8) is 0 Å². The highest BCUT2D eigenvalue weighted by atomic mass is 14.9. The number of hydrogen-bond acceptors (Lipinski definition) is 1. The Labute approximate surface area is 56.1 Å². The van der Waals surface area contributed by atoms with E-state index in [4.69, 9.17) is 0 Å². The van der Waals surface area contributed by atoms with E-state index in [1.807, 2.05) is 0 Å². The van der Waals surface area contributed by atoms with E-state index in [-0.39, 0.29) is 0 Å². The Kier molecular flexibility index (Phi) is 1.31. The van der Waals surface area contributed by atoms with Crippen molar-refractivity contribution in [1.82, 2.24) is 5.32 Å². The van der Waals surface area contributed by atoms with Crippen LogP contribution in [0.25, 0.3) is 0 Å². The molecule has 2 rings (SSSR count). The molecule has 0 saturated heterocycles. The molecule has 1 heteroatoms. The monoisotopic (exact) mass is 123 g/mol. The molecule has 0 spiro atoms. The van der Waals surface area contributed by atoms with Gasteiger partial charge in [-0.3, -0.25) is 0 Å². The molecule has 0 aromatic rings. The molecule has 1 nitrogen and oxygen atoms in total. The van der Waals surface area contributed by atoms with Crippen molar-refractivity contribution in [3.8, 4) is 0 Å². The Morgan fingerprint density at radius 1 is 1.44 bits per heavy atom. The summed E-state index contributed by atoms with van der Waals surface area (Å²) < 4.78 is 0. The summed E-state index contributed by atoms with van der Waals surface area (Å²) in [6.45, 7) is 1.09. The Morgan fingerprint density at radius 3 is 2.89 bits per heavy atom. The van der Waals surface area contributed by atoms with Gasteiger partial charge in [0.05, 0.1) is 0 Å². The summed E-state index contributed by atoms with van der Waals surface area (Å²) in [7, 11) is 0. The van der Waals surface area contributed by atoms with Gasteiger partial charge in [0.1, 0.15) is 0 Å². The van der Waals surface area contributed by atoms with Gasteiger partial charge in [0.2, 0.25) is 0 Å². The fourth-order valence-electron chi connectivity index (χ4n) is 1.39. The van der Waals surface area contributed by atoms with E-state index in [0.717, 1.165) is 18.5 Å². The summed E-state index contributed by atoms with van der Waals surface area (Å²) in [5.41, 5.74) is 0. The molecule has 9 heavy (non-hydrogen) atoms. The smallest absolute Gasteiger partial charge is 0.0256 e. The third-order valence-electron chi connectivity index (χ3n) is 2.15. The van der Waals surface area contributed by atoms with Gasteiger partial charge in [-0.1, -0.05) is 25.0 Å². The van der Waals surface area contributed by atoms with Crippen molar-refractivity contribution in [3.05, 3.63) is 12.2 Å². The number of hydrogen-bond donors (Lipinski definition) is 1. The van der Waals surface area contributed by atoms with Crippen LogP contribution < -0.4 is 5.32 Å². The first-order valence-electron chi connectivity index (χ1n) is 3.85. The van der Waals surface area contributed by atoms with Gasteiger partial charge < -0.3 is 5.32 Å². The van der Waals surface area contributed by atoms with E-state index >= 15 is 0 Å². The molecule has 0 unspecified atom stereocenters. The van der Waals surface area contributed by atoms with Crippen LogP contribution in [0, 0.1) is 5.92 Å². The fraction of sp³-hybridized carbons (Fsp3) is 0.750. The van der Waals surface area contributed by atoms with E-state index < -0.39 is 0 Å². The Hall–Kier alpha value is -0.300. The molecule has 1 aliphatic heterocycles. The molecule has 1 aliphatic carbocycles. The van der Waals surface area contributed by atoms with E-state index in [1.54, 1.807) is 0 Å². The third kappa shape index (κ3) is 1.33. The normalized spacial score (nSPS) is 33.6. The highest BCUT2D eigenvalue weighted by Gasteiger charge is 2.24. The van der Waals surface area contributed by atoms with Crippen LogP contribution in [-0.4, -0.2) is 12.6 Å². The molecule has 1 atom stereocenters. The fourth-order valence-corrected chi connectivity index (χ4v) is 1.39. The summed E-state index contributed by atoms with van der Waals surface area (Å²) in [5.74, 6) is 1.06. The lowest BCUT2D eigenvalue weighted by Gasteiger charge is -2.05. The van der Waals surface area contributed by atoms with Crippen molar-refractivity contribution >= 4 is 0 Å². The van der Waals surface area contributed by atoms with Crippen LogP contribution >= 0.6 is 0 Å². The lowest BCUT2D eigenvalue weighted by molar-refractivity contribution is 0.575. The summed E-state index contributed by atoms with van der Waals surface area (Å²) in [4.78, 5) is 0. The second kappa shape index (κ2) is 2.14. The molecular weight excluding hydrogens is 110 g/mol. The average molecular weight is 123 g/mol. The number of nitrogens with one attached hydrogen (secondary N) is 1. The van der Waals surface area contributed by atoms with Gasteiger partial charge in [-0.15, -0.1) is 0 Å². The van der Waals surface area contributed by atoms with Gasteiger partial charge in [-0.2, -0.15) is 0 Å². The molecule has 0 aromatic heterocycles. The molecule has 1 N–H and O–H groups in total. The van der Waals surface area contributed by atoms with Crippen LogP contribution in [0.5, 0.6) is 0 Å². The van der Waals surface area contributed by atoms with Gasteiger partial charge in [-0.05, 0) is 12.3 Å². The maximum Gasteiger partial charge on any atom is 0.0256 e. The molecule has 0 bridgehead atoms. The summed E-state index contributed by atoms with van der Waals surface area (Å²) >= 11 is 0. The third-order valence-corrected chi connectivity index (χ3v) is 2.15. The second-order valence-corrected chi connectivity index (χ2v) is 3.12. The van der Waals surface area contributed by atoms with Crippen molar-refractivity contribution < 1.29 is 0 Å². The van der Waals surface area contributed by atoms with Crippen LogP contribution in [0.3, 0.4) is 0 Å². The summed E-state index contributed by atoms with van der Waals surface area (Å²) in [5, 5.41) is 3.42. The van der Waals surface area contributed by atoms with E-state index in [9.17, 15) is 0 Å². The molecule has 1 fully saturated rings. The standard InChI is InChI=1S/C8H13N/c1-2-8(9-5-1)6-7-3-4-7/h1-2,7-9H,3-6H2/t8-/m0/s1. The Morgan fingerprint density at radius 2 is 2.33 bits per heavy atom. The largest absolute Gasteiger partial charge is 0.307 e. The van der Waals surface area contributed by atoms with Gasteiger partial charge in [-0.25, -0.2) is 0 Å². The zero-order valence-corrected chi connectivity index (χ0v) is 5.64. The van der Waals surface area contributed by atoms with Crippen LogP contribution in [0.15, 0.2) is 12.2 Å². The van der Waals surface area contributed by atoms with Crippen LogP contribution in [0.4, 0.5) is 0 Å². The SMILES string of the molecule is C1=C[C@@H](CC2CC2)NC1. The second-order valence-electron chi connectivity index (χ2n) is 3.12.